The number of piperidine rings is 1. The van der Waals surface area contributed by atoms with Gasteiger partial charge in [0, 0.05) is 18.6 Å². The summed E-state index contributed by atoms with van der Waals surface area (Å²) in [7, 11) is 0. The zero-order valence-electron chi connectivity index (χ0n) is 32.6. The molecule has 1 aromatic rings. The van der Waals surface area contributed by atoms with Gasteiger partial charge in [0.25, 0.3) is 5.91 Å². The fourth-order valence-corrected chi connectivity index (χ4v) is 11.6. The molecule has 298 valence electrons. The van der Waals surface area contributed by atoms with Crippen molar-refractivity contribution in [1.82, 2.24) is 31.5 Å². The molecule has 12 nitrogen and oxygen atoms in total. The first-order chi connectivity index (χ1) is 26.4. The molecule has 0 unspecified atom stereocenters. The van der Waals surface area contributed by atoms with Crippen LogP contribution in [-0.2, 0) is 30.5 Å². The summed E-state index contributed by atoms with van der Waals surface area (Å²) in [6.07, 6.45) is 13.6. The van der Waals surface area contributed by atoms with Crippen molar-refractivity contribution < 1.29 is 28.8 Å². The lowest BCUT2D eigenvalue weighted by Crippen LogP contribution is -2.64. The van der Waals surface area contributed by atoms with Gasteiger partial charge in [0.2, 0.25) is 23.5 Å². The number of nitrogens with one attached hydrogen (secondary N) is 5. The molecule has 7 fully saturated rings. The van der Waals surface area contributed by atoms with Gasteiger partial charge in [0.15, 0.2) is 0 Å². The molecule has 7 aliphatic rings. The van der Waals surface area contributed by atoms with Crippen molar-refractivity contribution in [2.45, 2.75) is 128 Å². The minimum Gasteiger partial charge on any atom is -0.350 e. The maximum Gasteiger partial charge on any atom is 0.315 e. The van der Waals surface area contributed by atoms with Crippen LogP contribution >= 0.6 is 0 Å². The minimum absolute atomic E-state index is 0.0347. The highest BCUT2D eigenvalue weighted by atomic mass is 16.2. The lowest BCUT2D eigenvalue weighted by molar-refractivity contribution is -0.145. The maximum absolute atomic E-state index is 14.8. The van der Waals surface area contributed by atoms with Gasteiger partial charge in [0.1, 0.15) is 12.1 Å². The predicted octanol–water partition coefficient (Wildman–Crippen LogP) is 4.14. The van der Waals surface area contributed by atoms with E-state index in [2.05, 4.69) is 47.0 Å². The number of carbonyl (C=O) groups excluding carboxylic acids is 6. The summed E-state index contributed by atoms with van der Waals surface area (Å²) in [4.78, 5) is 83.6. The van der Waals surface area contributed by atoms with Crippen molar-refractivity contribution in [1.29, 1.82) is 0 Å². The van der Waals surface area contributed by atoms with Gasteiger partial charge in [0.05, 0.1) is 12.6 Å². The molecule has 55 heavy (non-hydrogen) atoms. The minimum atomic E-state index is -1.17. The highest BCUT2D eigenvalue weighted by molar-refractivity contribution is 6.38. The van der Waals surface area contributed by atoms with Gasteiger partial charge in [-0.25, -0.2) is 4.79 Å². The van der Waals surface area contributed by atoms with Crippen LogP contribution in [0.1, 0.15) is 103 Å². The van der Waals surface area contributed by atoms with E-state index in [-0.39, 0.29) is 53.6 Å². The van der Waals surface area contributed by atoms with Crippen LogP contribution in [0.15, 0.2) is 43.0 Å². The summed E-state index contributed by atoms with van der Waals surface area (Å²) in [5.74, 6) is -1.08. The number of allylic oxidation sites excluding steroid dienone is 1. The van der Waals surface area contributed by atoms with Crippen molar-refractivity contribution >= 4 is 35.4 Å². The Morgan fingerprint density at radius 2 is 1.55 bits per heavy atom. The third-order valence-corrected chi connectivity index (χ3v) is 14.1. The summed E-state index contributed by atoms with van der Waals surface area (Å²) in [5, 5.41) is 14.5. The van der Waals surface area contributed by atoms with Crippen molar-refractivity contribution in [3.05, 3.63) is 48.6 Å². The SMILES string of the molecule is C=CCC[C@@H](NC(=O)[C@@H]1[C@@H]2[C@H](CN1C(=O)[C@@H](NC(=O)NC13CC4CC(CC(C4)C1)C3)C1CCCCC1)C2(C)C)C(=O)C(=O)NCC(=O)NCc1ccccc1. The number of urea groups is 1. The molecule has 0 spiro atoms. The monoisotopic (exact) mass is 756 g/mol. The molecule has 6 aliphatic carbocycles. The van der Waals surface area contributed by atoms with E-state index in [1.54, 1.807) is 11.0 Å². The lowest BCUT2D eigenvalue weighted by atomic mass is 9.53. The fraction of sp³-hybridized carbons (Fsp3) is 0.674. The van der Waals surface area contributed by atoms with E-state index in [0.717, 1.165) is 56.9 Å². The highest BCUT2D eigenvalue weighted by Crippen LogP contribution is 2.65. The predicted molar refractivity (Wildman–Crippen MR) is 207 cm³/mol. The van der Waals surface area contributed by atoms with Gasteiger partial charge in [-0.2, -0.15) is 0 Å². The fourth-order valence-electron chi connectivity index (χ4n) is 11.6. The van der Waals surface area contributed by atoms with Gasteiger partial charge in [-0.15, -0.1) is 6.58 Å². The Kier molecular flexibility index (Phi) is 11.4. The third-order valence-electron chi connectivity index (χ3n) is 14.1. The number of Topliss-reactive ketones (excluding diaryl/α,β-unsaturated/α-hetero) is 1. The molecule has 5 atom stereocenters. The number of fused-ring (bicyclic) bond motifs is 1. The van der Waals surface area contributed by atoms with Crippen LogP contribution in [0.4, 0.5) is 4.79 Å². The van der Waals surface area contributed by atoms with Crippen LogP contribution in [0, 0.1) is 40.9 Å². The second-order valence-corrected chi connectivity index (χ2v) is 18.3. The topological polar surface area (TPSA) is 166 Å². The quantitative estimate of drug-likeness (QED) is 0.133. The van der Waals surface area contributed by atoms with E-state index < -0.39 is 48.2 Å². The molecule has 5 N–H and O–H groups in total. The van der Waals surface area contributed by atoms with E-state index in [4.69, 9.17) is 0 Å². The Balaban J connectivity index is 1.02. The van der Waals surface area contributed by atoms with Crippen molar-refractivity contribution in [3.63, 3.8) is 0 Å². The van der Waals surface area contributed by atoms with Gasteiger partial charge < -0.3 is 31.5 Å². The Bertz CT molecular complexity index is 1620. The third kappa shape index (κ3) is 8.48. The van der Waals surface area contributed by atoms with Gasteiger partial charge in [-0.05, 0) is 111 Å². The Morgan fingerprint density at radius 1 is 0.891 bits per heavy atom. The smallest absolute Gasteiger partial charge is 0.315 e. The molecule has 4 bridgehead atoms. The van der Waals surface area contributed by atoms with Crippen molar-refractivity contribution in [3.8, 4) is 0 Å². The summed E-state index contributed by atoms with van der Waals surface area (Å²) in [6, 6.07) is 6.26. The molecule has 0 radical (unpaired) electrons. The van der Waals surface area contributed by atoms with Crippen LogP contribution < -0.4 is 26.6 Å². The number of hydrogen-bond acceptors (Lipinski definition) is 6. The van der Waals surface area contributed by atoms with Crippen LogP contribution in [0.25, 0.3) is 0 Å². The van der Waals surface area contributed by atoms with Crippen LogP contribution in [0.3, 0.4) is 0 Å². The Hall–Kier alpha value is -4.22. The standard InChI is InChI=1S/C43H60N6O6/c1-4-5-16-32(37(51)39(53)45-24-33(50)44-23-26-12-8-6-9-13-26)46-38(52)36-34-31(42(34,2)3)25-49(36)40(54)35(30-14-10-7-11-15-30)47-41(55)48-43-20-27-17-28(21-43)19-29(18-27)22-43/h4,6,8-9,12-13,27-32,34-36H,1,5,7,10-11,14-25H2,2-3H3,(H,44,50)(H,45,53)(H,46,52)(H2,47,48,55)/t27?,28?,29?,31-,32+,34-,35-,36-,43?/m0/s1. The van der Waals surface area contributed by atoms with E-state index in [0.29, 0.717) is 30.7 Å². The molecule has 12 heteroatoms. The first-order valence-electron chi connectivity index (χ1n) is 20.8. The second kappa shape index (κ2) is 16.1. The molecule has 8 rings (SSSR count). The van der Waals surface area contributed by atoms with Gasteiger partial charge in [-0.1, -0.05) is 69.5 Å². The Labute approximate surface area is 325 Å². The van der Waals surface area contributed by atoms with Crippen molar-refractivity contribution in [2.75, 3.05) is 13.1 Å². The number of benzene rings is 1. The highest BCUT2D eigenvalue weighted by Gasteiger charge is 2.70. The number of amides is 6. The zero-order valence-corrected chi connectivity index (χ0v) is 32.6. The van der Waals surface area contributed by atoms with E-state index in [9.17, 15) is 28.8 Å². The number of rotatable bonds is 15. The number of likely N-dealkylation sites (tertiary alicyclic amines) is 1. The lowest BCUT2D eigenvalue weighted by Gasteiger charge is -2.56. The first-order valence-corrected chi connectivity index (χ1v) is 20.8. The summed E-state index contributed by atoms with van der Waals surface area (Å²) < 4.78 is 0. The van der Waals surface area contributed by atoms with Crippen molar-refractivity contribution in [2.24, 2.45) is 40.9 Å². The van der Waals surface area contributed by atoms with Gasteiger partial charge in [-0.3, -0.25) is 24.0 Å². The Morgan fingerprint density at radius 3 is 2.18 bits per heavy atom. The molecular weight excluding hydrogens is 697 g/mol. The molecule has 1 saturated heterocycles. The summed E-state index contributed by atoms with van der Waals surface area (Å²) in [5.41, 5.74) is 0.507. The molecular formula is C43H60N6O6. The normalized spacial score (nSPS) is 31.0. The molecule has 6 saturated carbocycles. The summed E-state index contributed by atoms with van der Waals surface area (Å²) >= 11 is 0. The zero-order chi connectivity index (χ0) is 38.9. The second-order valence-electron chi connectivity index (χ2n) is 18.3. The number of hydrogen-bond donors (Lipinski definition) is 5. The van der Waals surface area contributed by atoms with E-state index in [1.165, 1.54) is 19.3 Å². The number of nitrogens with zero attached hydrogens (tertiary/aromatic N) is 1. The molecule has 0 aromatic heterocycles. The van der Waals surface area contributed by atoms with Crippen LogP contribution in [0.2, 0.25) is 0 Å². The molecule has 6 amide bonds. The summed E-state index contributed by atoms with van der Waals surface area (Å²) in [6.45, 7) is 8.21. The average molecular weight is 757 g/mol. The largest absolute Gasteiger partial charge is 0.350 e. The van der Waals surface area contributed by atoms with Crippen LogP contribution in [0.5, 0.6) is 0 Å². The molecule has 1 aliphatic heterocycles. The van der Waals surface area contributed by atoms with Crippen LogP contribution in [-0.4, -0.2) is 77.1 Å². The average Bonchev–Trinajstić information content (AvgIpc) is 3.46. The molecule has 1 heterocycles. The molecule has 1 aromatic carbocycles. The number of ketones is 1. The maximum atomic E-state index is 14.8. The van der Waals surface area contributed by atoms with Gasteiger partial charge >= 0.3 is 6.03 Å². The first kappa shape index (κ1) is 39.0. The van der Waals surface area contributed by atoms with E-state index >= 15 is 0 Å². The number of carbonyl (C=O) groups is 6. The van der Waals surface area contributed by atoms with E-state index in [1.807, 2.05) is 30.3 Å².